The summed E-state index contributed by atoms with van der Waals surface area (Å²) in [7, 11) is 0. The number of carbonyl (C=O) groups is 2. The third-order valence-electron chi connectivity index (χ3n) is 2.34. The van der Waals surface area contributed by atoms with Gasteiger partial charge in [-0.3, -0.25) is 9.59 Å². The summed E-state index contributed by atoms with van der Waals surface area (Å²) in [6, 6.07) is 0. The van der Waals surface area contributed by atoms with Crippen molar-refractivity contribution < 1.29 is 19.1 Å². The molecule has 0 saturated heterocycles. The summed E-state index contributed by atoms with van der Waals surface area (Å²) < 4.78 is 9.46. The van der Waals surface area contributed by atoms with E-state index < -0.39 is 0 Å². The number of hydrogen-bond donors (Lipinski definition) is 0. The zero-order valence-corrected chi connectivity index (χ0v) is 12.5. The lowest BCUT2D eigenvalue weighted by molar-refractivity contribution is -0.147. The molecule has 4 nitrogen and oxygen atoms in total. The summed E-state index contributed by atoms with van der Waals surface area (Å²) in [6.07, 6.45) is 3.43. The van der Waals surface area contributed by atoms with Crippen LogP contribution in [0, 0.1) is 5.92 Å². The highest BCUT2D eigenvalue weighted by Crippen LogP contribution is 2.02. The molecule has 0 radical (unpaired) electrons. The second kappa shape index (κ2) is 14.0. The van der Waals surface area contributed by atoms with Crippen LogP contribution in [0.5, 0.6) is 0 Å². The quantitative estimate of drug-likeness (QED) is 0.659. The number of rotatable bonds is 7. The van der Waals surface area contributed by atoms with E-state index in [0.717, 1.165) is 19.3 Å². The Bertz CT molecular complexity index is 214. The van der Waals surface area contributed by atoms with Crippen molar-refractivity contribution in [3.8, 4) is 0 Å². The van der Waals surface area contributed by atoms with Crippen molar-refractivity contribution in [3.63, 3.8) is 0 Å². The monoisotopic (exact) mass is 260 g/mol. The van der Waals surface area contributed by atoms with Crippen molar-refractivity contribution in [3.05, 3.63) is 0 Å². The Kier molecular flexibility index (Phi) is 15.0. The van der Waals surface area contributed by atoms with Gasteiger partial charge < -0.3 is 9.47 Å². The average molecular weight is 260 g/mol. The zero-order valence-electron chi connectivity index (χ0n) is 12.5. The smallest absolute Gasteiger partial charge is 0.308 e. The lowest BCUT2D eigenvalue weighted by Crippen LogP contribution is -2.13. The van der Waals surface area contributed by atoms with Gasteiger partial charge in [0, 0.05) is 6.42 Å². The van der Waals surface area contributed by atoms with E-state index in [9.17, 15) is 9.59 Å². The topological polar surface area (TPSA) is 52.6 Å². The van der Waals surface area contributed by atoms with Gasteiger partial charge in [0.25, 0.3) is 0 Å². The molecule has 0 aliphatic heterocycles. The highest BCUT2D eigenvalue weighted by Gasteiger charge is 2.09. The Balaban J connectivity index is 0. The number of carbonyl (C=O) groups excluding carboxylic acids is 2. The Morgan fingerprint density at radius 3 is 1.94 bits per heavy atom. The largest absolute Gasteiger partial charge is 0.466 e. The van der Waals surface area contributed by atoms with Crippen LogP contribution in [0.1, 0.15) is 60.3 Å². The fourth-order valence-corrected chi connectivity index (χ4v) is 1.01. The number of unbranched alkanes of at least 4 members (excludes halogenated alkanes) is 1. The number of esters is 2. The fourth-order valence-electron chi connectivity index (χ4n) is 1.01. The van der Waals surface area contributed by atoms with E-state index in [2.05, 4.69) is 6.92 Å². The second-order valence-electron chi connectivity index (χ2n) is 3.97. The van der Waals surface area contributed by atoms with Gasteiger partial charge in [-0.25, -0.2) is 0 Å². The van der Waals surface area contributed by atoms with Crippen LogP contribution in [-0.2, 0) is 19.1 Å². The first kappa shape index (κ1) is 19.3. The Labute approximate surface area is 111 Å². The van der Waals surface area contributed by atoms with Gasteiger partial charge in [-0.1, -0.05) is 27.2 Å². The van der Waals surface area contributed by atoms with E-state index in [4.69, 9.17) is 9.47 Å². The van der Waals surface area contributed by atoms with Crippen molar-refractivity contribution >= 4 is 11.9 Å². The predicted molar refractivity (Wildman–Crippen MR) is 72.2 cm³/mol. The lowest BCUT2D eigenvalue weighted by Gasteiger charge is -2.05. The Morgan fingerprint density at radius 1 is 1.00 bits per heavy atom. The van der Waals surface area contributed by atoms with Crippen molar-refractivity contribution in [1.29, 1.82) is 0 Å². The lowest BCUT2D eigenvalue weighted by atomic mass is 10.1. The molecule has 108 valence electrons. The molecule has 0 aromatic heterocycles. The van der Waals surface area contributed by atoms with Crippen LogP contribution in [-0.4, -0.2) is 25.2 Å². The predicted octanol–water partition coefficient (Wildman–Crippen LogP) is 3.34. The molecule has 0 spiro atoms. The maximum absolute atomic E-state index is 10.8. The van der Waals surface area contributed by atoms with Crippen LogP contribution >= 0.6 is 0 Å². The van der Waals surface area contributed by atoms with Gasteiger partial charge in [0.2, 0.25) is 0 Å². The molecule has 0 aromatic carbocycles. The van der Waals surface area contributed by atoms with E-state index in [1.807, 2.05) is 27.7 Å². The molecule has 4 heteroatoms. The first-order valence-corrected chi connectivity index (χ1v) is 6.85. The Hall–Kier alpha value is -1.06. The molecule has 1 unspecified atom stereocenters. The van der Waals surface area contributed by atoms with Gasteiger partial charge in [-0.15, -0.1) is 0 Å². The molecule has 0 amide bonds. The summed E-state index contributed by atoms with van der Waals surface area (Å²) in [6.45, 7) is 10.5. The molecule has 0 bridgehead atoms. The minimum atomic E-state index is -0.0833. The van der Waals surface area contributed by atoms with Gasteiger partial charge in [0.05, 0.1) is 19.1 Å². The first-order valence-electron chi connectivity index (χ1n) is 6.85. The standard InChI is InChI=1S/2C7H14O2/c1-4-6(3)7(8)9-5-2;1-3-5-6-7(8)9-4-2/h6H,4-5H2,1-3H3;3-6H2,1-2H3. The van der Waals surface area contributed by atoms with Crippen molar-refractivity contribution in [1.82, 2.24) is 0 Å². The Morgan fingerprint density at radius 2 is 1.56 bits per heavy atom. The molecular formula is C14H28O4. The van der Waals surface area contributed by atoms with Gasteiger partial charge in [0.15, 0.2) is 0 Å². The molecule has 0 saturated carbocycles. The van der Waals surface area contributed by atoms with E-state index in [-0.39, 0.29) is 17.9 Å². The maximum atomic E-state index is 10.8. The molecule has 0 aliphatic rings. The van der Waals surface area contributed by atoms with Crippen molar-refractivity contribution in [2.75, 3.05) is 13.2 Å². The highest BCUT2D eigenvalue weighted by molar-refractivity contribution is 5.71. The molecule has 0 aliphatic carbocycles. The maximum Gasteiger partial charge on any atom is 0.308 e. The average Bonchev–Trinajstić information content (AvgIpc) is 2.36. The van der Waals surface area contributed by atoms with Gasteiger partial charge in [-0.05, 0) is 26.7 Å². The van der Waals surface area contributed by atoms with Crippen molar-refractivity contribution in [2.45, 2.75) is 60.3 Å². The minimum absolute atomic E-state index is 0.0601. The van der Waals surface area contributed by atoms with E-state index in [0.29, 0.717) is 19.6 Å². The molecule has 0 fully saturated rings. The molecule has 0 rings (SSSR count). The highest BCUT2D eigenvalue weighted by atomic mass is 16.5. The molecule has 1 atom stereocenters. The number of hydrogen-bond acceptors (Lipinski definition) is 4. The van der Waals surface area contributed by atoms with Crippen LogP contribution in [0.2, 0.25) is 0 Å². The minimum Gasteiger partial charge on any atom is -0.466 e. The molecule has 0 N–H and O–H groups in total. The summed E-state index contributed by atoms with van der Waals surface area (Å²) in [5.74, 6) is -0.0932. The van der Waals surface area contributed by atoms with Crippen LogP contribution < -0.4 is 0 Å². The van der Waals surface area contributed by atoms with Crippen LogP contribution in [0.25, 0.3) is 0 Å². The molecular weight excluding hydrogens is 232 g/mol. The molecule has 18 heavy (non-hydrogen) atoms. The van der Waals surface area contributed by atoms with E-state index >= 15 is 0 Å². The summed E-state index contributed by atoms with van der Waals surface area (Å²) >= 11 is 0. The van der Waals surface area contributed by atoms with E-state index in [1.165, 1.54) is 0 Å². The normalized spacial score (nSPS) is 10.9. The molecule has 0 heterocycles. The van der Waals surface area contributed by atoms with Crippen molar-refractivity contribution in [2.24, 2.45) is 5.92 Å². The summed E-state index contributed by atoms with van der Waals surface area (Å²) in [5, 5.41) is 0. The van der Waals surface area contributed by atoms with Gasteiger partial charge in [0.1, 0.15) is 0 Å². The van der Waals surface area contributed by atoms with Gasteiger partial charge >= 0.3 is 11.9 Å². The second-order valence-corrected chi connectivity index (χ2v) is 3.97. The third-order valence-corrected chi connectivity index (χ3v) is 2.34. The van der Waals surface area contributed by atoms with Gasteiger partial charge in [-0.2, -0.15) is 0 Å². The SMILES string of the molecule is CCCCC(=O)OCC.CCOC(=O)C(C)CC. The number of ether oxygens (including phenoxy) is 2. The molecule has 0 aromatic rings. The van der Waals surface area contributed by atoms with Crippen LogP contribution in [0.4, 0.5) is 0 Å². The third kappa shape index (κ3) is 13.0. The van der Waals surface area contributed by atoms with Crippen LogP contribution in [0.15, 0.2) is 0 Å². The van der Waals surface area contributed by atoms with E-state index in [1.54, 1.807) is 0 Å². The summed E-state index contributed by atoms with van der Waals surface area (Å²) in [4.78, 5) is 21.3. The summed E-state index contributed by atoms with van der Waals surface area (Å²) in [5.41, 5.74) is 0. The van der Waals surface area contributed by atoms with Crippen LogP contribution in [0.3, 0.4) is 0 Å². The first-order chi connectivity index (χ1) is 8.53. The fraction of sp³-hybridized carbons (Fsp3) is 0.857. The zero-order chi connectivity index (χ0) is 14.4.